The number of morpholine rings is 1. The molecule has 0 amide bonds. The number of aromatic nitrogens is 4. The number of imidazole rings is 1. The van der Waals surface area contributed by atoms with Crippen LogP contribution in [-0.2, 0) is 9.47 Å². The largest absolute Gasteiger partial charge is 0.381 e. The van der Waals surface area contributed by atoms with Crippen molar-refractivity contribution in [3.05, 3.63) is 36.2 Å². The van der Waals surface area contributed by atoms with Crippen LogP contribution in [0, 0.1) is 17.2 Å². The van der Waals surface area contributed by atoms with Gasteiger partial charge < -0.3 is 24.6 Å². The first-order valence-corrected chi connectivity index (χ1v) is 13.2. The summed E-state index contributed by atoms with van der Waals surface area (Å²) in [6.45, 7) is 6.05. The number of fused-ring (bicyclic) bond motifs is 1. The van der Waals surface area contributed by atoms with Crippen molar-refractivity contribution in [2.75, 3.05) is 69.4 Å². The van der Waals surface area contributed by atoms with E-state index in [0.717, 1.165) is 32.5 Å². The van der Waals surface area contributed by atoms with E-state index in [1.807, 2.05) is 4.90 Å². The molecule has 202 valence electrons. The Morgan fingerprint density at radius 1 is 1.05 bits per heavy atom. The molecule has 10 nitrogen and oxygen atoms in total. The number of likely N-dealkylation sites (tertiary alicyclic amines) is 1. The molecule has 12 heteroatoms. The van der Waals surface area contributed by atoms with Crippen LogP contribution < -0.4 is 10.2 Å². The summed E-state index contributed by atoms with van der Waals surface area (Å²) in [5, 5.41) is 12.0. The second kappa shape index (κ2) is 10.8. The van der Waals surface area contributed by atoms with Crippen LogP contribution in [0.4, 0.5) is 20.5 Å². The van der Waals surface area contributed by atoms with Crippen molar-refractivity contribution in [3.8, 4) is 5.82 Å². The zero-order valence-corrected chi connectivity index (χ0v) is 21.2. The van der Waals surface area contributed by atoms with E-state index < -0.39 is 6.43 Å². The minimum atomic E-state index is -2.76. The lowest BCUT2D eigenvalue weighted by Gasteiger charge is -2.27. The topological polar surface area (TPSA) is 104 Å². The van der Waals surface area contributed by atoms with E-state index in [2.05, 4.69) is 15.2 Å². The summed E-state index contributed by atoms with van der Waals surface area (Å²) in [5.41, 5.74) is 1.06. The Morgan fingerprint density at radius 2 is 1.89 bits per heavy atom. The molecule has 2 atom stereocenters. The Balaban J connectivity index is 1.26. The maximum Gasteiger partial charge on any atom is 0.296 e. The third-order valence-corrected chi connectivity index (χ3v) is 7.52. The van der Waals surface area contributed by atoms with Crippen molar-refractivity contribution >= 4 is 28.6 Å². The van der Waals surface area contributed by atoms with Gasteiger partial charge in [-0.2, -0.15) is 9.97 Å². The Labute approximate surface area is 219 Å². The van der Waals surface area contributed by atoms with Crippen LogP contribution in [0.15, 0.2) is 30.3 Å². The van der Waals surface area contributed by atoms with Crippen LogP contribution in [0.3, 0.4) is 0 Å². The summed E-state index contributed by atoms with van der Waals surface area (Å²) in [6.07, 6.45) is -0.875. The van der Waals surface area contributed by atoms with E-state index >= 15 is 0 Å². The molecule has 0 spiro atoms. The van der Waals surface area contributed by atoms with Crippen molar-refractivity contribution in [1.82, 2.24) is 24.4 Å². The van der Waals surface area contributed by atoms with Gasteiger partial charge in [0, 0.05) is 51.3 Å². The first-order valence-electron chi connectivity index (χ1n) is 13.2. The van der Waals surface area contributed by atoms with Gasteiger partial charge in [0.05, 0.1) is 30.9 Å². The van der Waals surface area contributed by atoms with Crippen molar-refractivity contribution < 1.29 is 18.3 Å². The second-order valence-corrected chi connectivity index (χ2v) is 10.0. The highest BCUT2D eigenvalue weighted by atomic mass is 19.3. The van der Waals surface area contributed by atoms with E-state index in [9.17, 15) is 8.78 Å². The predicted molar refractivity (Wildman–Crippen MR) is 139 cm³/mol. The molecule has 0 radical (unpaired) electrons. The van der Waals surface area contributed by atoms with Crippen LogP contribution in [0.1, 0.15) is 25.1 Å². The minimum absolute atomic E-state index is 0.191. The molecular formula is C26H32F2N8O2. The Morgan fingerprint density at radius 3 is 2.68 bits per heavy atom. The number of nitrogens with one attached hydrogen (secondary N) is 2. The van der Waals surface area contributed by atoms with Gasteiger partial charge in [-0.1, -0.05) is 12.1 Å². The van der Waals surface area contributed by atoms with Crippen LogP contribution in [0.2, 0.25) is 0 Å². The molecule has 2 aromatic heterocycles. The number of benzene rings is 1. The normalized spacial score (nSPS) is 22.1. The average Bonchev–Trinajstić information content (AvgIpc) is 3.72. The van der Waals surface area contributed by atoms with E-state index in [-0.39, 0.29) is 11.7 Å². The molecule has 0 bridgehead atoms. The summed E-state index contributed by atoms with van der Waals surface area (Å²) < 4.78 is 40.5. The molecule has 3 aromatic rings. The fourth-order valence-electron chi connectivity index (χ4n) is 5.44. The Bertz CT molecular complexity index is 1290. The lowest BCUT2D eigenvalue weighted by Crippen LogP contribution is -2.37. The number of amidine groups is 1. The molecule has 1 aromatic carbocycles. The number of alkyl halides is 2. The number of anilines is 2. The SMILES string of the molecule is N=C(C1CCOC1)N1CC[C@H](CNc2cc(-n3c(C(F)F)nc4ccccc43)nc(N3CCOCC3)n2)C1. The maximum absolute atomic E-state index is 14.1. The summed E-state index contributed by atoms with van der Waals surface area (Å²) in [6, 6.07) is 8.80. The summed E-state index contributed by atoms with van der Waals surface area (Å²) in [5.74, 6) is 2.27. The van der Waals surface area contributed by atoms with E-state index in [0.29, 0.717) is 79.8 Å². The molecule has 2 N–H and O–H groups in total. The molecule has 3 saturated heterocycles. The lowest BCUT2D eigenvalue weighted by molar-refractivity contribution is 0.122. The minimum Gasteiger partial charge on any atom is -0.381 e. The fourth-order valence-corrected chi connectivity index (χ4v) is 5.44. The Kier molecular flexibility index (Phi) is 7.07. The van der Waals surface area contributed by atoms with Crippen molar-refractivity contribution in [2.45, 2.75) is 19.3 Å². The molecule has 3 fully saturated rings. The van der Waals surface area contributed by atoms with Crippen LogP contribution in [-0.4, -0.2) is 89.4 Å². The molecule has 0 aliphatic carbocycles. The number of hydrogen-bond acceptors (Lipinski definition) is 8. The van der Waals surface area contributed by atoms with Gasteiger partial charge in [-0.15, -0.1) is 0 Å². The van der Waals surface area contributed by atoms with Gasteiger partial charge in [-0.05, 0) is 30.9 Å². The smallest absolute Gasteiger partial charge is 0.296 e. The van der Waals surface area contributed by atoms with Crippen molar-refractivity contribution in [2.24, 2.45) is 11.8 Å². The molecule has 6 rings (SSSR count). The highest BCUT2D eigenvalue weighted by Gasteiger charge is 2.30. The number of hydrogen-bond donors (Lipinski definition) is 2. The number of rotatable bonds is 7. The third-order valence-electron chi connectivity index (χ3n) is 7.52. The van der Waals surface area contributed by atoms with Crippen LogP contribution in [0.25, 0.3) is 16.9 Å². The quantitative estimate of drug-likeness (QED) is 0.357. The van der Waals surface area contributed by atoms with Gasteiger partial charge in [-0.25, -0.2) is 13.8 Å². The first kappa shape index (κ1) is 24.9. The average molecular weight is 527 g/mol. The van der Waals surface area contributed by atoms with Gasteiger partial charge in [0.25, 0.3) is 6.43 Å². The molecule has 3 aliphatic heterocycles. The zero-order valence-electron chi connectivity index (χ0n) is 21.2. The fraction of sp³-hybridized carbons (Fsp3) is 0.538. The first-order chi connectivity index (χ1) is 18.6. The lowest BCUT2D eigenvalue weighted by atomic mass is 10.1. The van der Waals surface area contributed by atoms with E-state index in [1.54, 1.807) is 30.3 Å². The van der Waals surface area contributed by atoms with E-state index in [4.69, 9.17) is 24.9 Å². The molecular weight excluding hydrogens is 494 g/mol. The maximum atomic E-state index is 14.1. The highest BCUT2D eigenvalue weighted by molar-refractivity contribution is 5.82. The molecule has 0 saturated carbocycles. The monoisotopic (exact) mass is 526 g/mol. The zero-order chi connectivity index (χ0) is 26.1. The number of para-hydroxylation sites is 2. The second-order valence-electron chi connectivity index (χ2n) is 10.0. The van der Waals surface area contributed by atoms with Crippen molar-refractivity contribution in [3.63, 3.8) is 0 Å². The summed E-state index contributed by atoms with van der Waals surface area (Å²) in [7, 11) is 0. The van der Waals surface area contributed by atoms with Crippen LogP contribution >= 0.6 is 0 Å². The standard InChI is InChI=1S/C26H32F2N8O2/c27-23(28)25-31-19-3-1-2-4-20(19)36(25)22-13-21(32-26(33-22)34-8-11-37-12-9-34)30-14-17-5-7-35(15-17)24(29)18-6-10-38-16-18/h1-4,13,17-18,23,29H,5-12,14-16H2,(H,30,32,33)/t17-,18?/m1/s1. The van der Waals surface area contributed by atoms with Gasteiger partial charge in [0.1, 0.15) is 17.5 Å². The summed E-state index contributed by atoms with van der Waals surface area (Å²) >= 11 is 0. The van der Waals surface area contributed by atoms with Gasteiger partial charge in [-0.3, -0.25) is 9.98 Å². The predicted octanol–water partition coefficient (Wildman–Crippen LogP) is 3.34. The number of nitrogens with zero attached hydrogens (tertiary/aromatic N) is 6. The summed E-state index contributed by atoms with van der Waals surface area (Å²) in [4.78, 5) is 17.8. The van der Waals surface area contributed by atoms with Crippen molar-refractivity contribution in [1.29, 1.82) is 5.41 Å². The molecule has 3 aliphatic rings. The van der Waals surface area contributed by atoms with Gasteiger partial charge in [0.15, 0.2) is 5.82 Å². The number of ether oxygens (including phenoxy) is 2. The van der Waals surface area contributed by atoms with Crippen LogP contribution in [0.5, 0.6) is 0 Å². The third kappa shape index (κ3) is 5.02. The Hall–Kier alpha value is -3.38. The van der Waals surface area contributed by atoms with Gasteiger partial charge >= 0.3 is 0 Å². The molecule has 5 heterocycles. The van der Waals surface area contributed by atoms with E-state index in [1.165, 1.54) is 4.57 Å². The number of halogens is 2. The highest BCUT2D eigenvalue weighted by Crippen LogP contribution is 2.29. The molecule has 1 unspecified atom stereocenters. The molecule has 38 heavy (non-hydrogen) atoms. The van der Waals surface area contributed by atoms with Gasteiger partial charge in [0.2, 0.25) is 5.95 Å².